The largest absolute Gasteiger partial charge is 0.493 e. The van der Waals surface area contributed by atoms with E-state index in [1.807, 2.05) is 30.3 Å². The molecular weight excluding hydrogens is 494 g/mol. The fourth-order valence-electron chi connectivity index (χ4n) is 4.43. The number of ether oxygens (including phenoxy) is 3. The van der Waals surface area contributed by atoms with Gasteiger partial charge in [-0.25, -0.2) is 4.98 Å². The highest BCUT2D eigenvalue weighted by molar-refractivity contribution is 6.31. The first-order valence-corrected chi connectivity index (χ1v) is 12.6. The number of hydrogen-bond acceptors (Lipinski definition) is 8. The van der Waals surface area contributed by atoms with Crippen LogP contribution in [0.2, 0.25) is 5.02 Å². The Labute approximate surface area is 222 Å². The first-order chi connectivity index (χ1) is 18.0. The molecule has 3 aromatic rings. The minimum absolute atomic E-state index is 0.0570. The molecule has 37 heavy (non-hydrogen) atoms. The van der Waals surface area contributed by atoms with Gasteiger partial charge in [-0.1, -0.05) is 29.8 Å². The van der Waals surface area contributed by atoms with Gasteiger partial charge in [-0.15, -0.1) is 0 Å². The number of halogens is 1. The molecule has 0 spiro atoms. The molecule has 0 radical (unpaired) electrons. The highest BCUT2D eigenvalue weighted by Gasteiger charge is 2.26. The van der Waals surface area contributed by atoms with Crippen LogP contribution >= 0.6 is 11.6 Å². The molecule has 2 heterocycles. The normalized spacial score (nSPS) is 15.1. The lowest BCUT2D eigenvalue weighted by molar-refractivity contribution is -0.125. The zero-order valence-corrected chi connectivity index (χ0v) is 22.0. The number of aromatic nitrogens is 2. The van der Waals surface area contributed by atoms with E-state index in [-0.39, 0.29) is 11.8 Å². The molecule has 1 fully saturated rings. The SMILES string of the molecule is COc1cc(Nc2nccc(N3CCC[C@H](C(=O)NCCc4ccccc4Cl)C3)n2)cc(OC)c1OC. The Morgan fingerprint density at radius 3 is 2.57 bits per heavy atom. The van der Waals surface area contributed by atoms with Crippen molar-refractivity contribution in [3.05, 3.63) is 59.2 Å². The molecule has 2 N–H and O–H groups in total. The third kappa shape index (κ3) is 6.54. The molecular formula is C27H32ClN5O4. The van der Waals surface area contributed by atoms with E-state index in [1.165, 1.54) is 0 Å². The van der Waals surface area contributed by atoms with Crippen LogP contribution in [0.3, 0.4) is 0 Å². The minimum Gasteiger partial charge on any atom is -0.493 e. The predicted molar refractivity (Wildman–Crippen MR) is 145 cm³/mol. The Bertz CT molecular complexity index is 1200. The lowest BCUT2D eigenvalue weighted by Gasteiger charge is -2.33. The molecule has 1 aliphatic heterocycles. The van der Waals surface area contributed by atoms with Crippen LogP contribution in [0.5, 0.6) is 17.2 Å². The smallest absolute Gasteiger partial charge is 0.229 e. The van der Waals surface area contributed by atoms with Crippen LogP contribution in [0.25, 0.3) is 0 Å². The van der Waals surface area contributed by atoms with Gasteiger partial charge in [0.05, 0.1) is 27.2 Å². The van der Waals surface area contributed by atoms with E-state index < -0.39 is 0 Å². The van der Waals surface area contributed by atoms with Crippen molar-refractivity contribution in [2.24, 2.45) is 5.92 Å². The van der Waals surface area contributed by atoms with E-state index in [0.717, 1.165) is 35.8 Å². The number of hydrogen-bond donors (Lipinski definition) is 2. The monoisotopic (exact) mass is 525 g/mol. The molecule has 2 aromatic carbocycles. The molecule has 1 saturated heterocycles. The molecule has 1 atom stereocenters. The summed E-state index contributed by atoms with van der Waals surface area (Å²) in [6, 6.07) is 13.1. The Morgan fingerprint density at radius 2 is 1.86 bits per heavy atom. The number of anilines is 3. The number of piperidine rings is 1. The third-order valence-electron chi connectivity index (χ3n) is 6.33. The maximum atomic E-state index is 12.9. The van der Waals surface area contributed by atoms with Gasteiger partial charge >= 0.3 is 0 Å². The molecule has 10 heteroatoms. The van der Waals surface area contributed by atoms with Crippen molar-refractivity contribution < 1.29 is 19.0 Å². The number of rotatable bonds is 10. The first-order valence-electron chi connectivity index (χ1n) is 12.2. The zero-order valence-electron chi connectivity index (χ0n) is 21.3. The maximum Gasteiger partial charge on any atom is 0.229 e. The van der Waals surface area contributed by atoms with Gasteiger partial charge in [0.2, 0.25) is 17.6 Å². The van der Waals surface area contributed by atoms with Crippen LogP contribution in [0.4, 0.5) is 17.5 Å². The van der Waals surface area contributed by atoms with Gasteiger partial charge in [0.1, 0.15) is 5.82 Å². The average molecular weight is 526 g/mol. The molecule has 196 valence electrons. The quantitative estimate of drug-likeness (QED) is 0.400. The Balaban J connectivity index is 1.39. The number of carbonyl (C=O) groups excluding carboxylic acids is 1. The molecule has 4 rings (SSSR count). The molecule has 0 bridgehead atoms. The van der Waals surface area contributed by atoms with Gasteiger partial charge in [0, 0.05) is 48.7 Å². The van der Waals surface area contributed by atoms with Crippen molar-refractivity contribution in [3.63, 3.8) is 0 Å². The van der Waals surface area contributed by atoms with Crippen LogP contribution in [-0.2, 0) is 11.2 Å². The van der Waals surface area contributed by atoms with Crippen molar-refractivity contribution in [3.8, 4) is 17.2 Å². The van der Waals surface area contributed by atoms with E-state index in [4.69, 9.17) is 30.8 Å². The number of benzene rings is 2. The molecule has 1 aliphatic rings. The van der Waals surface area contributed by atoms with E-state index >= 15 is 0 Å². The summed E-state index contributed by atoms with van der Waals surface area (Å²) in [6.07, 6.45) is 4.15. The van der Waals surface area contributed by atoms with E-state index in [0.29, 0.717) is 48.4 Å². The van der Waals surface area contributed by atoms with Crippen LogP contribution < -0.4 is 29.7 Å². The Morgan fingerprint density at radius 1 is 1.11 bits per heavy atom. The lowest BCUT2D eigenvalue weighted by atomic mass is 9.97. The summed E-state index contributed by atoms with van der Waals surface area (Å²) < 4.78 is 16.3. The van der Waals surface area contributed by atoms with Crippen molar-refractivity contribution >= 4 is 35.0 Å². The zero-order chi connectivity index (χ0) is 26.2. The predicted octanol–water partition coefficient (Wildman–Crippen LogP) is 4.47. The van der Waals surface area contributed by atoms with Gasteiger partial charge in [-0.2, -0.15) is 4.98 Å². The van der Waals surface area contributed by atoms with Gasteiger partial charge in [-0.05, 0) is 37.0 Å². The summed E-state index contributed by atoms with van der Waals surface area (Å²) in [7, 11) is 4.70. The minimum atomic E-state index is -0.110. The summed E-state index contributed by atoms with van der Waals surface area (Å²) in [5.41, 5.74) is 1.73. The Hall–Kier alpha value is -3.72. The number of carbonyl (C=O) groups is 1. The lowest BCUT2D eigenvalue weighted by Crippen LogP contribution is -2.43. The van der Waals surface area contributed by atoms with E-state index in [1.54, 1.807) is 39.7 Å². The second kappa shape index (κ2) is 12.5. The number of methoxy groups -OCH3 is 3. The summed E-state index contributed by atoms with van der Waals surface area (Å²) in [5, 5.41) is 7.01. The van der Waals surface area contributed by atoms with Crippen LogP contribution in [-0.4, -0.2) is 56.8 Å². The highest BCUT2D eigenvalue weighted by Crippen LogP contribution is 2.40. The average Bonchev–Trinajstić information content (AvgIpc) is 2.93. The second-order valence-corrected chi connectivity index (χ2v) is 9.10. The van der Waals surface area contributed by atoms with Gasteiger partial charge in [0.25, 0.3) is 0 Å². The van der Waals surface area contributed by atoms with E-state index in [9.17, 15) is 4.79 Å². The molecule has 9 nitrogen and oxygen atoms in total. The van der Waals surface area contributed by atoms with Crippen molar-refractivity contribution in [1.29, 1.82) is 0 Å². The van der Waals surface area contributed by atoms with E-state index in [2.05, 4.69) is 20.5 Å². The summed E-state index contributed by atoms with van der Waals surface area (Å²) in [4.78, 5) is 24.1. The summed E-state index contributed by atoms with van der Waals surface area (Å²) >= 11 is 6.23. The van der Waals surface area contributed by atoms with Crippen LogP contribution in [0, 0.1) is 5.92 Å². The maximum absolute atomic E-state index is 12.9. The molecule has 1 amide bonds. The molecule has 0 saturated carbocycles. The summed E-state index contributed by atoms with van der Waals surface area (Å²) in [6.45, 7) is 1.97. The standard InChI is InChI=1S/C27H32ClN5O4/c1-35-22-15-20(16-23(36-2)25(22)37-3)31-27-30-13-11-24(32-27)33-14-6-8-19(17-33)26(34)29-12-10-18-7-4-5-9-21(18)28/h4-5,7,9,11,13,15-16,19H,6,8,10,12,14,17H2,1-3H3,(H,29,34)(H,30,31,32)/t19-/m0/s1. The highest BCUT2D eigenvalue weighted by atomic mass is 35.5. The second-order valence-electron chi connectivity index (χ2n) is 8.70. The topological polar surface area (TPSA) is 97.8 Å². The van der Waals surface area contributed by atoms with Gasteiger partial charge < -0.3 is 29.7 Å². The van der Waals surface area contributed by atoms with Crippen molar-refractivity contribution in [2.45, 2.75) is 19.3 Å². The number of nitrogens with one attached hydrogen (secondary N) is 2. The fraction of sp³-hybridized carbons (Fsp3) is 0.370. The molecule has 0 aliphatic carbocycles. The number of nitrogens with zero attached hydrogens (tertiary/aromatic N) is 3. The van der Waals surface area contributed by atoms with Crippen LogP contribution in [0.15, 0.2) is 48.7 Å². The fourth-order valence-corrected chi connectivity index (χ4v) is 4.66. The van der Waals surface area contributed by atoms with Crippen molar-refractivity contribution in [1.82, 2.24) is 15.3 Å². The number of amides is 1. The first kappa shape index (κ1) is 26.3. The molecule has 1 aromatic heterocycles. The third-order valence-corrected chi connectivity index (χ3v) is 6.70. The van der Waals surface area contributed by atoms with Gasteiger partial charge in [-0.3, -0.25) is 4.79 Å². The van der Waals surface area contributed by atoms with Crippen LogP contribution in [0.1, 0.15) is 18.4 Å². The molecule has 0 unspecified atom stereocenters. The summed E-state index contributed by atoms with van der Waals surface area (Å²) in [5.74, 6) is 2.70. The van der Waals surface area contributed by atoms with Gasteiger partial charge in [0.15, 0.2) is 11.5 Å². The van der Waals surface area contributed by atoms with Crippen molar-refractivity contribution in [2.75, 3.05) is 51.2 Å². The Kier molecular flexibility index (Phi) is 8.90.